The molecule has 148 valence electrons. The Morgan fingerprint density at radius 1 is 0.533 bits per heavy atom. The highest BCUT2D eigenvalue weighted by Gasteiger charge is 2.05. The first-order valence-electron chi connectivity index (χ1n) is 9.25. The number of hydrogen-bond acceptors (Lipinski definition) is 4. The van der Waals surface area contributed by atoms with Crippen molar-refractivity contribution in [2.75, 3.05) is 10.6 Å². The van der Waals surface area contributed by atoms with E-state index < -0.39 is 0 Å². The van der Waals surface area contributed by atoms with Gasteiger partial charge in [-0.2, -0.15) is 0 Å². The Morgan fingerprint density at radius 2 is 0.933 bits per heavy atom. The van der Waals surface area contributed by atoms with E-state index in [0.29, 0.717) is 11.1 Å². The van der Waals surface area contributed by atoms with E-state index >= 15 is 0 Å². The second-order valence-electron chi connectivity index (χ2n) is 6.12. The normalized spacial score (nSPS) is 9.60. The molecule has 0 aliphatic rings. The molecule has 4 rings (SSSR count). The minimum atomic E-state index is -0.144. The Bertz CT molecular complexity index is 968. The van der Waals surface area contributed by atoms with Crippen LogP contribution in [0.1, 0.15) is 20.7 Å². The number of hydrogen-bond donors (Lipinski definition) is 2. The average Bonchev–Trinajstić information content (AvgIpc) is 2.82. The molecule has 2 heterocycles. The number of para-hydroxylation sites is 2. The summed E-state index contributed by atoms with van der Waals surface area (Å²) in [4.78, 5) is 31.1. The average molecular weight is 396 g/mol. The molecule has 0 saturated heterocycles. The molecule has 0 radical (unpaired) electrons. The number of benzene rings is 2. The number of carbonyl (C=O) groups is 2. The Balaban J connectivity index is 0.000000171. The van der Waals surface area contributed by atoms with E-state index in [4.69, 9.17) is 0 Å². The lowest BCUT2D eigenvalue weighted by molar-refractivity contribution is 0.101. The van der Waals surface area contributed by atoms with Gasteiger partial charge in [-0.1, -0.05) is 36.4 Å². The van der Waals surface area contributed by atoms with E-state index in [1.54, 1.807) is 36.7 Å². The molecule has 2 N–H and O–H groups in total. The van der Waals surface area contributed by atoms with Crippen molar-refractivity contribution < 1.29 is 9.59 Å². The van der Waals surface area contributed by atoms with E-state index in [2.05, 4.69) is 20.6 Å². The summed E-state index contributed by atoms with van der Waals surface area (Å²) in [5.41, 5.74) is 2.68. The second-order valence-corrected chi connectivity index (χ2v) is 6.12. The van der Waals surface area contributed by atoms with Crippen LogP contribution < -0.4 is 10.6 Å². The van der Waals surface area contributed by atoms with Crippen molar-refractivity contribution in [3.05, 3.63) is 121 Å². The molecular formula is C24H20N4O2. The molecule has 6 heteroatoms. The van der Waals surface area contributed by atoms with Gasteiger partial charge in [0.15, 0.2) is 0 Å². The van der Waals surface area contributed by atoms with Crippen LogP contribution in [0.3, 0.4) is 0 Å². The van der Waals surface area contributed by atoms with Gasteiger partial charge in [0.05, 0.1) is 11.1 Å². The molecule has 6 nitrogen and oxygen atoms in total. The Morgan fingerprint density at radius 3 is 1.27 bits per heavy atom. The van der Waals surface area contributed by atoms with Crippen molar-refractivity contribution in [3.63, 3.8) is 0 Å². The zero-order valence-corrected chi connectivity index (χ0v) is 16.1. The van der Waals surface area contributed by atoms with Crippen LogP contribution in [0.5, 0.6) is 0 Å². The molecule has 0 aliphatic heterocycles. The maximum absolute atomic E-state index is 11.7. The fourth-order valence-corrected chi connectivity index (χ4v) is 2.44. The Hall–Kier alpha value is -4.32. The largest absolute Gasteiger partial charge is 0.322 e. The standard InChI is InChI=1S/2C12H10N2O/c2*15-12(10-5-4-8-13-9-10)14-11-6-2-1-3-7-11/h2*1-9H,(H,14,15). The summed E-state index contributed by atoms with van der Waals surface area (Å²) >= 11 is 0. The second kappa shape index (κ2) is 10.9. The summed E-state index contributed by atoms with van der Waals surface area (Å²) in [5.74, 6) is -0.288. The van der Waals surface area contributed by atoms with E-state index in [0.717, 1.165) is 11.4 Å². The van der Waals surface area contributed by atoms with Crippen LogP contribution in [-0.2, 0) is 0 Å². The van der Waals surface area contributed by atoms with Gasteiger partial charge >= 0.3 is 0 Å². The van der Waals surface area contributed by atoms with Gasteiger partial charge in [-0.25, -0.2) is 0 Å². The summed E-state index contributed by atoms with van der Waals surface area (Å²) in [6.07, 6.45) is 6.36. The molecule has 2 aromatic heterocycles. The molecule has 2 aromatic carbocycles. The lowest BCUT2D eigenvalue weighted by Crippen LogP contribution is -2.11. The third-order valence-corrected chi connectivity index (χ3v) is 3.91. The van der Waals surface area contributed by atoms with E-state index in [1.165, 1.54) is 12.4 Å². The van der Waals surface area contributed by atoms with Gasteiger partial charge in [0.2, 0.25) is 0 Å². The van der Waals surface area contributed by atoms with E-state index in [-0.39, 0.29) is 11.8 Å². The summed E-state index contributed by atoms with van der Waals surface area (Å²) in [6, 6.07) is 25.6. The lowest BCUT2D eigenvalue weighted by Gasteiger charge is -2.03. The minimum absolute atomic E-state index is 0.144. The fourth-order valence-electron chi connectivity index (χ4n) is 2.44. The summed E-state index contributed by atoms with van der Waals surface area (Å²) in [7, 11) is 0. The fraction of sp³-hybridized carbons (Fsp3) is 0. The van der Waals surface area contributed by atoms with Crippen LogP contribution in [0.25, 0.3) is 0 Å². The van der Waals surface area contributed by atoms with Crippen molar-refractivity contribution in [2.24, 2.45) is 0 Å². The van der Waals surface area contributed by atoms with Crippen LogP contribution in [-0.4, -0.2) is 21.8 Å². The summed E-state index contributed by atoms with van der Waals surface area (Å²) in [5, 5.41) is 5.56. The van der Waals surface area contributed by atoms with Crippen molar-refractivity contribution in [3.8, 4) is 0 Å². The molecule has 0 bridgehead atoms. The molecule has 30 heavy (non-hydrogen) atoms. The maximum atomic E-state index is 11.7. The highest BCUT2D eigenvalue weighted by Crippen LogP contribution is 2.08. The molecule has 0 atom stereocenters. The predicted molar refractivity (Wildman–Crippen MR) is 117 cm³/mol. The number of nitrogens with zero attached hydrogens (tertiary/aromatic N) is 2. The molecule has 0 fully saturated rings. The molecule has 2 amide bonds. The zero-order chi connectivity index (χ0) is 21.0. The van der Waals surface area contributed by atoms with E-state index in [9.17, 15) is 9.59 Å². The van der Waals surface area contributed by atoms with Crippen LogP contribution in [0, 0.1) is 0 Å². The first-order valence-corrected chi connectivity index (χ1v) is 9.25. The van der Waals surface area contributed by atoms with Crippen LogP contribution in [0.4, 0.5) is 11.4 Å². The Labute approximate surface area is 174 Å². The van der Waals surface area contributed by atoms with Crippen LogP contribution in [0.2, 0.25) is 0 Å². The first-order chi connectivity index (χ1) is 14.7. The predicted octanol–water partition coefficient (Wildman–Crippen LogP) is 4.67. The van der Waals surface area contributed by atoms with Crippen LogP contribution >= 0.6 is 0 Å². The highest BCUT2D eigenvalue weighted by atomic mass is 16.2. The number of anilines is 2. The van der Waals surface area contributed by atoms with Gasteiger partial charge in [0.25, 0.3) is 11.8 Å². The quantitative estimate of drug-likeness (QED) is 0.525. The van der Waals surface area contributed by atoms with Gasteiger partial charge in [-0.3, -0.25) is 19.6 Å². The number of nitrogens with one attached hydrogen (secondary N) is 2. The smallest absolute Gasteiger partial charge is 0.257 e. The molecule has 4 aromatic rings. The summed E-state index contributed by atoms with van der Waals surface area (Å²) in [6.45, 7) is 0. The molecular weight excluding hydrogens is 376 g/mol. The van der Waals surface area contributed by atoms with Gasteiger partial charge in [0, 0.05) is 36.2 Å². The van der Waals surface area contributed by atoms with Crippen molar-refractivity contribution in [1.82, 2.24) is 9.97 Å². The third kappa shape index (κ3) is 6.38. The maximum Gasteiger partial charge on any atom is 0.257 e. The topological polar surface area (TPSA) is 84.0 Å². The van der Waals surface area contributed by atoms with Crippen molar-refractivity contribution in [2.45, 2.75) is 0 Å². The van der Waals surface area contributed by atoms with Crippen LogP contribution in [0.15, 0.2) is 110 Å². The molecule has 0 spiro atoms. The van der Waals surface area contributed by atoms with Gasteiger partial charge in [-0.15, -0.1) is 0 Å². The summed E-state index contributed by atoms with van der Waals surface area (Å²) < 4.78 is 0. The number of pyridine rings is 2. The molecule has 0 unspecified atom stereocenters. The van der Waals surface area contributed by atoms with Crippen molar-refractivity contribution in [1.29, 1.82) is 0 Å². The van der Waals surface area contributed by atoms with Gasteiger partial charge in [0.1, 0.15) is 0 Å². The SMILES string of the molecule is O=C(Nc1ccccc1)c1cccnc1.O=C(Nc1ccccc1)c1cccnc1. The number of carbonyl (C=O) groups excluding carboxylic acids is 2. The Kier molecular flexibility index (Phi) is 7.40. The lowest BCUT2D eigenvalue weighted by atomic mass is 10.2. The number of aromatic nitrogens is 2. The highest BCUT2D eigenvalue weighted by molar-refractivity contribution is 6.04. The number of rotatable bonds is 4. The van der Waals surface area contributed by atoms with Gasteiger partial charge in [-0.05, 0) is 48.5 Å². The van der Waals surface area contributed by atoms with Crippen molar-refractivity contribution >= 4 is 23.2 Å². The number of amides is 2. The zero-order valence-electron chi connectivity index (χ0n) is 16.1. The minimum Gasteiger partial charge on any atom is -0.322 e. The first kappa shape index (κ1) is 20.4. The van der Waals surface area contributed by atoms with E-state index in [1.807, 2.05) is 60.7 Å². The van der Waals surface area contributed by atoms with Gasteiger partial charge < -0.3 is 10.6 Å². The molecule has 0 aliphatic carbocycles. The third-order valence-electron chi connectivity index (χ3n) is 3.91. The monoisotopic (exact) mass is 396 g/mol. The molecule has 0 saturated carbocycles.